The van der Waals surface area contributed by atoms with Crippen molar-refractivity contribution in [3.8, 4) is 0 Å². The van der Waals surface area contributed by atoms with Gasteiger partial charge in [-0.1, -0.05) is 82.3 Å². The quantitative estimate of drug-likeness (QED) is 0.470. The maximum atomic E-state index is 12.7. The average molecular weight is 433 g/mol. The van der Waals surface area contributed by atoms with Crippen LogP contribution in [0.4, 0.5) is 5.69 Å². The molecule has 1 amide bonds. The molecular weight excluding hydrogens is 392 g/mol. The Hall–Kier alpha value is -2.39. The fraction of sp³-hybridized carbons (Fsp3) is 0.483. The van der Waals surface area contributed by atoms with Gasteiger partial charge in [0.15, 0.2) is 0 Å². The summed E-state index contributed by atoms with van der Waals surface area (Å²) in [6.45, 7) is 12.0. The Kier molecular flexibility index (Phi) is 8.69. The third-order valence-electron chi connectivity index (χ3n) is 6.26. The molecule has 2 aromatic rings. The molecule has 0 atom stereocenters. The summed E-state index contributed by atoms with van der Waals surface area (Å²) in [7, 11) is 0. The molecule has 3 rings (SSSR count). The van der Waals surface area contributed by atoms with Crippen molar-refractivity contribution < 1.29 is 4.79 Å². The largest absolute Gasteiger partial charge is 0.309 e. The van der Waals surface area contributed by atoms with E-state index in [4.69, 9.17) is 0 Å². The van der Waals surface area contributed by atoms with Crippen LogP contribution in [0.2, 0.25) is 0 Å². The number of piperidine rings is 1. The van der Waals surface area contributed by atoms with E-state index in [0.717, 1.165) is 51.0 Å². The van der Waals surface area contributed by atoms with Crippen LogP contribution in [0, 0.1) is 5.41 Å². The summed E-state index contributed by atoms with van der Waals surface area (Å²) < 4.78 is 0. The van der Waals surface area contributed by atoms with Gasteiger partial charge in [-0.05, 0) is 54.4 Å². The molecule has 1 aliphatic heterocycles. The summed E-state index contributed by atoms with van der Waals surface area (Å²) in [6.07, 6.45) is 9.31. The lowest BCUT2D eigenvalue weighted by Gasteiger charge is -2.38. The Bertz CT molecular complexity index is 856. The summed E-state index contributed by atoms with van der Waals surface area (Å²) in [6, 6.07) is 19.5. The second-order valence-electron chi connectivity index (χ2n) is 10.2. The maximum absolute atomic E-state index is 12.7. The molecule has 1 heterocycles. The molecule has 0 aliphatic carbocycles. The molecule has 3 heteroatoms. The van der Waals surface area contributed by atoms with E-state index in [9.17, 15) is 4.79 Å². The minimum absolute atomic E-state index is 0.228. The first kappa shape index (κ1) is 24.3. The zero-order chi connectivity index (χ0) is 23.0. The van der Waals surface area contributed by atoms with Crippen molar-refractivity contribution in [2.24, 2.45) is 5.41 Å². The van der Waals surface area contributed by atoms with Crippen molar-refractivity contribution in [1.29, 1.82) is 0 Å². The number of rotatable bonds is 8. The molecule has 1 aliphatic rings. The van der Waals surface area contributed by atoms with Crippen molar-refractivity contribution in [2.75, 3.05) is 24.5 Å². The summed E-state index contributed by atoms with van der Waals surface area (Å²) in [5, 5.41) is 0. The first-order chi connectivity index (χ1) is 15.4. The molecule has 32 heavy (non-hydrogen) atoms. The molecule has 3 nitrogen and oxygen atoms in total. The van der Waals surface area contributed by atoms with Gasteiger partial charge in [0, 0.05) is 37.8 Å². The number of hydrogen-bond acceptors (Lipinski definition) is 2. The summed E-state index contributed by atoms with van der Waals surface area (Å²) >= 11 is 0. The van der Waals surface area contributed by atoms with Gasteiger partial charge in [-0.15, -0.1) is 0 Å². The average Bonchev–Trinajstić information content (AvgIpc) is 2.79. The molecule has 1 fully saturated rings. The second-order valence-corrected chi connectivity index (χ2v) is 10.2. The Morgan fingerprint density at radius 2 is 1.69 bits per heavy atom. The van der Waals surface area contributed by atoms with Crippen LogP contribution in [-0.2, 0) is 11.2 Å². The first-order valence-electron chi connectivity index (χ1n) is 12.2. The highest BCUT2D eigenvalue weighted by Gasteiger charge is 2.28. The SMILES string of the molecule is CCC(=O)N(c1ccccc1)C1CCN(CCc2ccc(/C=C/CC(C)(C)C)cc2)CC1. The van der Waals surface area contributed by atoms with Crippen LogP contribution in [0.3, 0.4) is 0 Å². The van der Waals surface area contributed by atoms with E-state index >= 15 is 0 Å². The number of allylic oxidation sites excluding steroid dienone is 1. The van der Waals surface area contributed by atoms with Gasteiger partial charge in [0.2, 0.25) is 5.91 Å². The molecule has 0 N–H and O–H groups in total. The Morgan fingerprint density at radius 3 is 2.28 bits per heavy atom. The van der Waals surface area contributed by atoms with Gasteiger partial charge in [0.25, 0.3) is 0 Å². The fourth-order valence-corrected chi connectivity index (χ4v) is 4.35. The third kappa shape index (κ3) is 7.34. The minimum atomic E-state index is 0.228. The van der Waals surface area contributed by atoms with Gasteiger partial charge in [-0.25, -0.2) is 0 Å². The van der Waals surface area contributed by atoms with Gasteiger partial charge in [-0.2, -0.15) is 0 Å². The molecule has 1 saturated heterocycles. The lowest BCUT2D eigenvalue weighted by atomic mass is 9.92. The Balaban J connectivity index is 1.48. The number of amides is 1. The van der Waals surface area contributed by atoms with Crippen LogP contribution < -0.4 is 4.90 Å². The van der Waals surface area contributed by atoms with Crippen molar-refractivity contribution in [1.82, 2.24) is 4.90 Å². The molecule has 172 valence electrons. The first-order valence-corrected chi connectivity index (χ1v) is 12.2. The molecule has 0 unspecified atom stereocenters. The monoisotopic (exact) mass is 432 g/mol. The van der Waals surface area contributed by atoms with Crippen LogP contribution in [0.1, 0.15) is 64.5 Å². The highest BCUT2D eigenvalue weighted by atomic mass is 16.2. The van der Waals surface area contributed by atoms with Gasteiger partial charge >= 0.3 is 0 Å². The van der Waals surface area contributed by atoms with Crippen molar-refractivity contribution in [3.05, 3.63) is 71.8 Å². The number of benzene rings is 2. The number of carbonyl (C=O) groups excluding carboxylic acids is 1. The number of nitrogens with zero attached hydrogens (tertiary/aromatic N) is 2. The number of para-hydroxylation sites is 1. The summed E-state index contributed by atoms with van der Waals surface area (Å²) in [5.74, 6) is 0.228. The van der Waals surface area contributed by atoms with Crippen molar-refractivity contribution in [3.63, 3.8) is 0 Å². The third-order valence-corrected chi connectivity index (χ3v) is 6.26. The van der Waals surface area contributed by atoms with Crippen molar-refractivity contribution in [2.45, 2.75) is 65.8 Å². The van der Waals surface area contributed by atoms with E-state index in [1.807, 2.05) is 30.0 Å². The van der Waals surface area contributed by atoms with Gasteiger partial charge < -0.3 is 9.80 Å². The standard InChI is InChI=1S/C29H40N2O/c1-5-28(32)31(26-11-7-6-8-12-26)27-18-22-30(23-19-27)21-17-25-15-13-24(14-16-25)10-9-20-29(2,3)4/h6-16,27H,5,17-23H2,1-4H3/b10-9+. The van der Waals surface area contributed by atoms with Crippen LogP contribution >= 0.6 is 0 Å². The maximum Gasteiger partial charge on any atom is 0.226 e. The molecule has 0 bridgehead atoms. The number of carbonyl (C=O) groups is 1. The summed E-state index contributed by atoms with van der Waals surface area (Å²) in [4.78, 5) is 17.2. The highest BCUT2D eigenvalue weighted by molar-refractivity contribution is 5.93. The normalized spacial score (nSPS) is 15.9. The molecular formula is C29H40N2O. The Labute approximate surface area is 195 Å². The molecule has 2 aromatic carbocycles. The van der Waals surface area contributed by atoms with Gasteiger partial charge in [0.05, 0.1) is 0 Å². The van der Waals surface area contributed by atoms with Crippen LogP contribution in [0.15, 0.2) is 60.7 Å². The van der Waals surface area contributed by atoms with Gasteiger partial charge in [0.1, 0.15) is 0 Å². The molecule has 0 aromatic heterocycles. The lowest BCUT2D eigenvalue weighted by Crippen LogP contribution is -2.47. The molecule has 0 saturated carbocycles. The zero-order valence-electron chi connectivity index (χ0n) is 20.4. The van der Waals surface area contributed by atoms with E-state index in [1.165, 1.54) is 11.1 Å². The minimum Gasteiger partial charge on any atom is -0.309 e. The van der Waals surface area contributed by atoms with Gasteiger partial charge in [-0.3, -0.25) is 4.79 Å². The zero-order valence-corrected chi connectivity index (χ0v) is 20.4. The van der Waals surface area contributed by atoms with E-state index in [-0.39, 0.29) is 5.91 Å². The summed E-state index contributed by atoms with van der Waals surface area (Å²) in [5.41, 5.74) is 4.05. The topological polar surface area (TPSA) is 23.6 Å². The molecule has 0 spiro atoms. The molecule has 0 radical (unpaired) electrons. The highest BCUT2D eigenvalue weighted by Crippen LogP contribution is 2.25. The lowest BCUT2D eigenvalue weighted by molar-refractivity contribution is -0.119. The Morgan fingerprint density at radius 1 is 1.03 bits per heavy atom. The predicted molar refractivity (Wildman–Crippen MR) is 137 cm³/mol. The van der Waals surface area contributed by atoms with E-state index in [0.29, 0.717) is 17.9 Å². The van der Waals surface area contributed by atoms with Crippen LogP contribution in [0.25, 0.3) is 6.08 Å². The smallest absolute Gasteiger partial charge is 0.226 e. The number of likely N-dealkylation sites (tertiary alicyclic amines) is 1. The van der Waals surface area contributed by atoms with Crippen LogP contribution in [-0.4, -0.2) is 36.5 Å². The fourth-order valence-electron chi connectivity index (χ4n) is 4.35. The number of hydrogen-bond donors (Lipinski definition) is 0. The second kappa shape index (κ2) is 11.5. The van der Waals surface area contributed by atoms with Crippen molar-refractivity contribution >= 4 is 17.7 Å². The predicted octanol–water partition coefficient (Wildman–Crippen LogP) is 6.59. The number of anilines is 1. The van der Waals surface area contributed by atoms with E-state index < -0.39 is 0 Å². The van der Waals surface area contributed by atoms with E-state index in [2.05, 4.69) is 74.2 Å². The van der Waals surface area contributed by atoms with E-state index in [1.54, 1.807) is 0 Å². The van der Waals surface area contributed by atoms with Crippen LogP contribution in [0.5, 0.6) is 0 Å².